The van der Waals surface area contributed by atoms with E-state index in [9.17, 15) is 4.79 Å². The van der Waals surface area contributed by atoms with E-state index >= 15 is 0 Å². The Hall–Kier alpha value is -0.610. The second-order valence-electron chi connectivity index (χ2n) is 4.60. The van der Waals surface area contributed by atoms with Crippen LogP contribution in [0.4, 0.5) is 0 Å². The summed E-state index contributed by atoms with van der Waals surface area (Å²) in [4.78, 5) is 10.8. The number of rotatable bonds is 5. The van der Waals surface area contributed by atoms with Crippen molar-refractivity contribution in [2.75, 3.05) is 19.8 Å². The van der Waals surface area contributed by atoms with Gasteiger partial charge >= 0.3 is 5.97 Å². The Morgan fingerprint density at radius 3 is 2.80 bits per heavy atom. The van der Waals surface area contributed by atoms with Gasteiger partial charge in [0, 0.05) is 19.3 Å². The maximum Gasteiger partial charge on any atom is 0.308 e. The predicted octanol–water partition coefficient (Wildman–Crippen LogP) is 0.866. The van der Waals surface area contributed by atoms with Crippen molar-refractivity contribution in [1.82, 2.24) is 5.32 Å². The fourth-order valence-corrected chi connectivity index (χ4v) is 2.32. The van der Waals surface area contributed by atoms with E-state index in [1.807, 2.05) is 0 Å². The van der Waals surface area contributed by atoms with Gasteiger partial charge < -0.3 is 15.2 Å². The molecule has 0 bridgehead atoms. The summed E-state index contributed by atoms with van der Waals surface area (Å²) in [6, 6.07) is 0.213. The van der Waals surface area contributed by atoms with Crippen molar-refractivity contribution in [3.05, 3.63) is 0 Å². The summed E-state index contributed by atoms with van der Waals surface area (Å²) in [5.41, 5.74) is 0. The molecule has 3 unspecified atom stereocenters. The molecule has 1 heterocycles. The maximum absolute atomic E-state index is 10.8. The van der Waals surface area contributed by atoms with Gasteiger partial charge in [0.2, 0.25) is 0 Å². The first kappa shape index (κ1) is 10.9. The Labute approximate surface area is 90.0 Å². The molecule has 0 aromatic carbocycles. The molecule has 3 atom stereocenters. The highest BCUT2D eigenvalue weighted by atomic mass is 16.5. The normalized spacial score (nSPS) is 35.1. The van der Waals surface area contributed by atoms with Gasteiger partial charge in [0.15, 0.2) is 0 Å². The number of carboxylic acid groups (broad SMARTS) is 1. The number of carbonyl (C=O) groups is 1. The lowest BCUT2D eigenvalue weighted by molar-refractivity contribution is -0.146. The molecule has 2 aliphatic rings. The highest BCUT2D eigenvalue weighted by Crippen LogP contribution is 2.27. The van der Waals surface area contributed by atoms with Crippen LogP contribution in [-0.4, -0.2) is 36.9 Å². The second kappa shape index (κ2) is 4.94. The Bertz CT molecular complexity index is 226. The van der Waals surface area contributed by atoms with Crippen LogP contribution in [-0.2, 0) is 9.53 Å². The summed E-state index contributed by atoms with van der Waals surface area (Å²) in [5, 5.41) is 12.2. The van der Waals surface area contributed by atoms with E-state index in [4.69, 9.17) is 9.84 Å². The summed E-state index contributed by atoms with van der Waals surface area (Å²) in [6.07, 6.45) is 4.12. The van der Waals surface area contributed by atoms with Crippen molar-refractivity contribution in [1.29, 1.82) is 0 Å². The number of carboxylic acids is 1. The molecule has 0 aromatic heterocycles. The summed E-state index contributed by atoms with van der Waals surface area (Å²) >= 11 is 0. The highest BCUT2D eigenvalue weighted by molar-refractivity contribution is 5.72. The zero-order valence-electron chi connectivity index (χ0n) is 8.95. The molecule has 0 spiro atoms. The van der Waals surface area contributed by atoms with E-state index in [1.54, 1.807) is 0 Å². The largest absolute Gasteiger partial charge is 0.481 e. The fraction of sp³-hybridized carbons (Fsp3) is 0.909. The zero-order chi connectivity index (χ0) is 10.7. The van der Waals surface area contributed by atoms with Crippen LogP contribution in [0.3, 0.4) is 0 Å². The molecule has 1 saturated heterocycles. The number of ether oxygens (including phenoxy) is 1. The Morgan fingerprint density at radius 1 is 1.40 bits per heavy atom. The van der Waals surface area contributed by atoms with Gasteiger partial charge in [-0.1, -0.05) is 0 Å². The van der Waals surface area contributed by atoms with Crippen LogP contribution in [0.5, 0.6) is 0 Å². The molecule has 2 rings (SSSR count). The average molecular weight is 213 g/mol. The molecule has 0 radical (unpaired) electrons. The maximum atomic E-state index is 10.8. The highest BCUT2D eigenvalue weighted by Gasteiger charge is 2.35. The molecule has 1 aliphatic heterocycles. The predicted molar refractivity (Wildman–Crippen MR) is 55.7 cm³/mol. The monoisotopic (exact) mass is 213 g/mol. The standard InChI is InChI=1S/C11H19NO3/c13-11(14)9-1-2-10(9)12-5-3-8-4-6-15-7-8/h8-10,12H,1-7H2,(H,13,14). The zero-order valence-corrected chi connectivity index (χ0v) is 8.95. The van der Waals surface area contributed by atoms with Crippen molar-refractivity contribution >= 4 is 5.97 Å². The quantitative estimate of drug-likeness (QED) is 0.711. The van der Waals surface area contributed by atoms with Crippen molar-refractivity contribution in [2.45, 2.75) is 31.7 Å². The molecule has 1 saturated carbocycles. The van der Waals surface area contributed by atoms with Gasteiger partial charge in [-0.2, -0.15) is 0 Å². The van der Waals surface area contributed by atoms with Gasteiger partial charge in [-0.05, 0) is 38.1 Å². The summed E-state index contributed by atoms with van der Waals surface area (Å²) in [5.74, 6) is -0.117. The van der Waals surface area contributed by atoms with E-state index in [0.29, 0.717) is 5.92 Å². The Balaban J connectivity index is 1.59. The molecular weight excluding hydrogens is 194 g/mol. The topological polar surface area (TPSA) is 58.6 Å². The first-order valence-electron chi connectivity index (χ1n) is 5.81. The van der Waals surface area contributed by atoms with E-state index in [0.717, 1.165) is 45.4 Å². The SMILES string of the molecule is O=C(O)C1CCC1NCCC1CCOC1. The van der Waals surface area contributed by atoms with E-state index < -0.39 is 5.97 Å². The minimum atomic E-state index is -0.650. The van der Waals surface area contributed by atoms with Crippen LogP contribution in [0, 0.1) is 11.8 Å². The average Bonchev–Trinajstić information content (AvgIpc) is 2.61. The molecule has 86 valence electrons. The van der Waals surface area contributed by atoms with Crippen LogP contribution in [0.25, 0.3) is 0 Å². The van der Waals surface area contributed by atoms with Crippen molar-refractivity contribution < 1.29 is 14.6 Å². The number of hydrogen-bond donors (Lipinski definition) is 2. The molecule has 2 N–H and O–H groups in total. The first-order valence-corrected chi connectivity index (χ1v) is 5.81. The summed E-state index contributed by atoms with van der Waals surface area (Å²) in [7, 11) is 0. The van der Waals surface area contributed by atoms with Gasteiger partial charge in [0.25, 0.3) is 0 Å². The third-order valence-corrected chi connectivity index (χ3v) is 3.57. The minimum absolute atomic E-state index is 0.148. The van der Waals surface area contributed by atoms with Crippen LogP contribution >= 0.6 is 0 Å². The molecule has 2 fully saturated rings. The van der Waals surface area contributed by atoms with E-state index in [1.165, 1.54) is 0 Å². The van der Waals surface area contributed by atoms with Gasteiger partial charge in [-0.25, -0.2) is 0 Å². The van der Waals surface area contributed by atoms with Crippen molar-refractivity contribution in [3.63, 3.8) is 0 Å². The first-order chi connectivity index (χ1) is 7.27. The lowest BCUT2D eigenvalue weighted by Gasteiger charge is -2.34. The third kappa shape index (κ3) is 2.69. The van der Waals surface area contributed by atoms with Crippen molar-refractivity contribution in [2.24, 2.45) is 11.8 Å². The fourth-order valence-electron chi connectivity index (χ4n) is 2.32. The number of aliphatic carboxylic acids is 1. The second-order valence-corrected chi connectivity index (χ2v) is 4.60. The number of nitrogens with one attached hydrogen (secondary N) is 1. The lowest BCUT2D eigenvalue weighted by Crippen LogP contribution is -2.48. The van der Waals surface area contributed by atoms with E-state index in [2.05, 4.69) is 5.32 Å². The summed E-state index contributed by atoms with van der Waals surface area (Å²) in [6.45, 7) is 2.71. The molecule has 15 heavy (non-hydrogen) atoms. The van der Waals surface area contributed by atoms with E-state index in [-0.39, 0.29) is 12.0 Å². The van der Waals surface area contributed by atoms with Gasteiger partial charge in [-0.15, -0.1) is 0 Å². The lowest BCUT2D eigenvalue weighted by atomic mass is 9.79. The van der Waals surface area contributed by atoms with Gasteiger partial charge in [0.1, 0.15) is 0 Å². The van der Waals surface area contributed by atoms with Gasteiger partial charge in [0.05, 0.1) is 5.92 Å². The third-order valence-electron chi connectivity index (χ3n) is 3.57. The molecule has 0 aromatic rings. The smallest absolute Gasteiger partial charge is 0.308 e. The minimum Gasteiger partial charge on any atom is -0.481 e. The molecule has 0 amide bonds. The Morgan fingerprint density at radius 2 is 2.27 bits per heavy atom. The van der Waals surface area contributed by atoms with Crippen LogP contribution in [0.1, 0.15) is 25.7 Å². The molecule has 1 aliphatic carbocycles. The van der Waals surface area contributed by atoms with Crippen LogP contribution < -0.4 is 5.32 Å². The molecule has 4 heteroatoms. The molecular formula is C11H19NO3. The number of hydrogen-bond acceptors (Lipinski definition) is 3. The summed E-state index contributed by atoms with van der Waals surface area (Å²) < 4.78 is 5.29. The van der Waals surface area contributed by atoms with Gasteiger partial charge in [-0.3, -0.25) is 4.79 Å². The Kier molecular flexibility index (Phi) is 3.59. The van der Waals surface area contributed by atoms with Crippen molar-refractivity contribution in [3.8, 4) is 0 Å². The van der Waals surface area contributed by atoms with Crippen LogP contribution in [0.2, 0.25) is 0 Å². The van der Waals surface area contributed by atoms with Crippen LogP contribution in [0.15, 0.2) is 0 Å². The molecule has 4 nitrogen and oxygen atoms in total.